The van der Waals surface area contributed by atoms with Gasteiger partial charge in [-0.15, -0.1) is 0 Å². The van der Waals surface area contributed by atoms with Gasteiger partial charge in [0.25, 0.3) is 0 Å². The van der Waals surface area contributed by atoms with Crippen LogP contribution in [0.15, 0.2) is 11.2 Å². The molecule has 0 spiro atoms. The molecule has 0 radical (unpaired) electrons. The maximum atomic E-state index is 4.70. The molecule has 0 aliphatic carbocycles. The van der Waals surface area contributed by atoms with E-state index in [1.165, 1.54) is 12.8 Å². The average Bonchev–Trinajstić information content (AvgIpc) is 2.69. The van der Waals surface area contributed by atoms with Gasteiger partial charge in [-0.05, 0) is 25.2 Å². The maximum Gasteiger partial charge on any atom is 0.161 e. The summed E-state index contributed by atoms with van der Waals surface area (Å²) in [7, 11) is 1.94. The summed E-state index contributed by atoms with van der Waals surface area (Å²) in [6.45, 7) is 7.49. The molecule has 1 aromatic rings. The zero-order chi connectivity index (χ0) is 13.2. The maximum absolute atomic E-state index is 4.70. The van der Waals surface area contributed by atoms with Gasteiger partial charge in [-0.3, -0.25) is 9.67 Å². The number of rotatable bonds is 3. The van der Waals surface area contributed by atoms with E-state index in [0.29, 0.717) is 5.41 Å². The highest BCUT2D eigenvalue weighted by Gasteiger charge is 2.30. The molecule has 5 heteroatoms. The van der Waals surface area contributed by atoms with E-state index in [-0.39, 0.29) is 0 Å². The Balaban J connectivity index is 2.05. The van der Waals surface area contributed by atoms with Crippen molar-refractivity contribution >= 4 is 22.6 Å². The molecule has 0 saturated carbocycles. The number of nitrogens with zero attached hydrogens (tertiary/aromatic N) is 3. The number of amidine groups is 1. The zero-order valence-corrected chi connectivity index (χ0v) is 12.5. The van der Waals surface area contributed by atoms with Crippen molar-refractivity contribution in [3.05, 3.63) is 11.9 Å². The lowest BCUT2D eigenvalue weighted by Gasteiger charge is -2.33. The monoisotopic (exact) mass is 266 g/mol. The predicted molar refractivity (Wildman–Crippen MR) is 79.3 cm³/mol. The Labute approximate surface area is 113 Å². The molecule has 1 N–H and O–H groups in total. The van der Waals surface area contributed by atoms with E-state index < -0.39 is 0 Å². The molecule has 0 fully saturated rings. The Morgan fingerprint density at radius 2 is 2.17 bits per heavy atom. The van der Waals surface area contributed by atoms with Gasteiger partial charge in [0.05, 0.1) is 11.4 Å². The van der Waals surface area contributed by atoms with Gasteiger partial charge in [-0.25, -0.2) is 0 Å². The highest BCUT2D eigenvalue weighted by molar-refractivity contribution is 8.14. The molecule has 2 rings (SSSR count). The van der Waals surface area contributed by atoms with E-state index in [9.17, 15) is 0 Å². The normalized spacial score (nSPS) is 18.6. The van der Waals surface area contributed by atoms with Gasteiger partial charge >= 0.3 is 0 Å². The lowest BCUT2D eigenvalue weighted by Crippen LogP contribution is -2.32. The largest absolute Gasteiger partial charge is 0.332 e. The quantitative estimate of drug-likeness (QED) is 0.914. The molecule has 0 unspecified atom stereocenters. The Bertz CT molecular complexity index is 446. The fourth-order valence-electron chi connectivity index (χ4n) is 2.14. The molecule has 1 aliphatic heterocycles. The summed E-state index contributed by atoms with van der Waals surface area (Å²) in [6, 6.07) is 0. The van der Waals surface area contributed by atoms with Crippen LogP contribution in [0.25, 0.3) is 0 Å². The SMILES string of the molecule is CCC1(CC)CN=C(Nc2cn(C)nc2C)SC1. The first-order valence-electron chi connectivity index (χ1n) is 6.53. The molecule has 1 aromatic heterocycles. The van der Waals surface area contributed by atoms with E-state index in [2.05, 4.69) is 24.3 Å². The number of nitrogens with one attached hydrogen (secondary N) is 1. The number of hydrogen-bond donors (Lipinski definition) is 1. The molecule has 1 aliphatic rings. The summed E-state index contributed by atoms with van der Waals surface area (Å²) in [5, 5.41) is 8.74. The molecule has 2 heterocycles. The van der Waals surface area contributed by atoms with Crippen LogP contribution < -0.4 is 5.32 Å². The van der Waals surface area contributed by atoms with Crippen LogP contribution in [-0.4, -0.2) is 27.2 Å². The average molecular weight is 266 g/mol. The fourth-order valence-corrected chi connectivity index (χ4v) is 3.42. The zero-order valence-electron chi connectivity index (χ0n) is 11.7. The van der Waals surface area contributed by atoms with Crippen molar-refractivity contribution in [2.45, 2.75) is 33.6 Å². The van der Waals surface area contributed by atoms with Gasteiger partial charge in [0.2, 0.25) is 0 Å². The Morgan fingerprint density at radius 3 is 2.61 bits per heavy atom. The molecule has 0 amide bonds. The van der Waals surface area contributed by atoms with Crippen LogP contribution in [0.2, 0.25) is 0 Å². The van der Waals surface area contributed by atoms with Crippen molar-refractivity contribution in [1.29, 1.82) is 0 Å². The van der Waals surface area contributed by atoms with E-state index in [0.717, 1.165) is 28.8 Å². The Morgan fingerprint density at radius 1 is 1.44 bits per heavy atom. The standard InChI is InChI=1S/C13H22N4S/c1-5-13(6-2)8-14-12(18-9-13)15-11-7-17(4)16-10(11)3/h7H,5-6,8-9H2,1-4H3,(H,14,15). The Kier molecular flexibility index (Phi) is 4.00. The first kappa shape index (κ1) is 13.5. The Hall–Kier alpha value is -0.970. The van der Waals surface area contributed by atoms with Crippen molar-refractivity contribution in [2.75, 3.05) is 17.6 Å². The highest BCUT2D eigenvalue weighted by atomic mass is 32.2. The van der Waals surface area contributed by atoms with Gasteiger partial charge in [-0.2, -0.15) is 5.10 Å². The fraction of sp³-hybridized carbons (Fsp3) is 0.692. The lowest BCUT2D eigenvalue weighted by atomic mass is 9.84. The van der Waals surface area contributed by atoms with Crippen molar-refractivity contribution in [3.8, 4) is 0 Å². The summed E-state index contributed by atoms with van der Waals surface area (Å²) >= 11 is 1.83. The minimum atomic E-state index is 0.403. The van der Waals surface area contributed by atoms with Crippen LogP contribution in [0.3, 0.4) is 0 Å². The second-order valence-corrected chi connectivity index (χ2v) is 6.01. The predicted octanol–water partition coefficient (Wildman–Crippen LogP) is 3.05. The minimum absolute atomic E-state index is 0.403. The smallest absolute Gasteiger partial charge is 0.161 e. The second kappa shape index (κ2) is 5.34. The molecule has 0 atom stereocenters. The summed E-state index contributed by atoms with van der Waals surface area (Å²) in [4.78, 5) is 4.70. The summed E-state index contributed by atoms with van der Waals surface area (Å²) in [5.74, 6) is 1.16. The van der Waals surface area contributed by atoms with Crippen LogP contribution in [0.5, 0.6) is 0 Å². The highest BCUT2D eigenvalue weighted by Crippen LogP contribution is 2.35. The van der Waals surface area contributed by atoms with Gasteiger partial charge in [-0.1, -0.05) is 25.6 Å². The van der Waals surface area contributed by atoms with Crippen molar-refractivity contribution in [1.82, 2.24) is 9.78 Å². The number of aromatic nitrogens is 2. The number of thioether (sulfide) groups is 1. The first-order valence-corrected chi connectivity index (χ1v) is 7.51. The van der Waals surface area contributed by atoms with E-state index >= 15 is 0 Å². The van der Waals surface area contributed by atoms with Crippen molar-refractivity contribution < 1.29 is 0 Å². The molecule has 4 nitrogen and oxygen atoms in total. The van der Waals surface area contributed by atoms with Crippen molar-refractivity contribution in [2.24, 2.45) is 17.5 Å². The number of anilines is 1. The third-order valence-electron chi connectivity index (χ3n) is 3.83. The number of aryl methyl sites for hydroxylation is 2. The van der Waals surface area contributed by atoms with Gasteiger partial charge < -0.3 is 5.32 Å². The number of aliphatic imine (C=N–C) groups is 1. The van der Waals surface area contributed by atoms with E-state index in [1.54, 1.807) is 0 Å². The van der Waals surface area contributed by atoms with Gasteiger partial charge in [0, 0.05) is 25.5 Å². The molecule has 0 saturated heterocycles. The first-order chi connectivity index (χ1) is 8.58. The summed E-state index contributed by atoms with van der Waals surface area (Å²) in [5.41, 5.74) is 2.48. The van der Waals surface area contributed by atoms with Crippen LogP contribution in [-0.2, 0) is 7.05 Å². The summed E-state index contributed by atoms with van der Waals surface area (Å²) in [6.07, 6.45) is 4.41. The molecular formula is C13H22N4S. The van der Waals surface area contributed by atoms with E-state index in [1.807, 2.05) is 36.6 Å². The van der Waals surface area contributed by atoms with Crippen LogP contribution in [0.4, 0.5) is 5.69 Å². The molecule has 0 aromatic carbocycles. The molecular weight excluding hydrogens is 244 g/mol. The lowest BCUT2D eigenvalue weighted by molar-refractivity contribution is 0.318. The minimum Gasteiger partial charge on any atom is -0.332 e. The number of hydrogen-bond acceptors (Lipinski definition) is 4. The van der Waals surface area contributed by atoms with Gasteiger partial charge in [0.15, 0.2) is 5.17 Å². The summed E-state index contributed by atoms with van der Waals surface area (Å²) < 4.78 is 1.83. The van der Waals surface area contributed by atoms with Gasteiger partial charge in [0.1, 0.15) is 0 Å². The molecule has 100 valence electrons. The second-order valence-electron chi connectivity index (χ2n) is 5.04. The van der Waals surface area contributed by atoms with Crippen LogP contribution in [0, 0.1) is 12.3 Å². The van der Waals surface area contributed by atoms with E-state index in [4.69, 9.17) is 4.99 Å². The topological polar surface area (TPSA) is 42.2 Å². The molecule has 0 bridgehead atoms. The third-order valence-corrected chi connectivity index (χ3v) is 5.09. The third kappa shape index (κ3) is 2.71. The van der Waals surface area contributed by atoms with Crippen LogP contribution in [0.1, 0.15) is 32.4 Å². The molecule has 18 heavy (non-hydrogen) atoms. The van der Waals surface area contributed by atoms with Crippen molar-refractivity contribution in [3.63, 3.8) is 0 Å². The van der Waals surface area contributed by atoms with Crippen LogP contribution >= 0.6 is 11.8 Å².